The molecule has 0 bridgehead atoms. The van der Waals surface area contributed by atoms with Gasteiger partial charge < -0.3 is 19.5 Å². The van der Waals surface area contributed by atoms with Gasteiger partial charge in [-0.25, -0.2) is 0 Å². The fourth-order valence-corrected chi connectivity index (χ4v) is 4.45. The summed E-state index contributed by atoms with van der Waals surface area (Å²) >= 11 is 5.83. The quantitative estimate of drug-likeness (QED) is 0.475. The molecule has 31 heavy (non-hydrogen) atoms. The molecule has 1 aliphatic rings. The summed E-state index contributed by atoms with van der Waals surface area (Å²) in [6, 6.07) is 21.7. The molecule has 1 aliphatic heterocycles. The van der Waals surface area contributed by atoms with E-state index >= 15 is 0 Å². The van der Waals surface area contributed by atoms with E-state index in [-0.39, 0.29) is 12.1 Å². The van der Waals surface area contributed by atoms with E-state index in [4.69, 9.17) is 17.0 Å². The average Bonchev–Trinajstić information content (AvgIpc) is 3.44. The highest BCUT2D eigenvalue weighted by Crippen LogP contribution is 2.44. The predicted molar refractivity (Wildman–Crippen MR) is 124 cm³/mol. The Labute approximate surface area is 186 Å². The van der Waals surface area contributed by atoms with Gasteiger partial charge in [0.15, 0.2) is 5.11 Å². The third-order valence-corrected chi connectivity index (χ3v) is 5.76. The molecule has 0 spiro atoms. The van der Waals surface area contributed by atoms with Crippen LogP contribution in [0.3, 0.4) is 0 Å². The van der Waals surface area contributed by atoms with Crippen molar-refractivity contribution < 1.29 is 4.74 Å². The fraction of sp³-hybridized carbons (Fsp3) is 0.125. The maximum Gasteiger partial charge on any atom is 0.174 e. The molecule has 3 aromatic heterocycles. The number of hydrogen-bond acceptors (Lipinski definition) is 4. The molecule has 6 nitrogen and oxygen atoms in total. The zero-order valence-electron chi connectivity index (χ0n) is 16.9. The molecule has 0 unspecified atom stereocenters. The zero-order chi connectivity index (χ0) is 21.2. The van der Waals surface area contributed by atoms with Crippen molar-refractivity contribution in [1.29, 1.82) is 0 Å². The summed E-state index contributed by atoms with van der Waals surface area (Å²) in [5.41, 5.74) is 3.89. The van der Waals surface area contributed by atoms with Crippen LogP contribution in [0.15, 0.2) is 91.5 Å². The Balaban J connectivity index is 1.69. The minimum Gasteiger partial charge on any atom is -0.495 e. The number of para-hydroxylation sites is 2. The van der Waals surface area contributed by atoms with E-state index in [1.54, 1.807) is 13.3 Å². The number of thiocarbonyl (C=S) groups is 1. The Morgan fingerprint density at radius 2 is 1.84 bits per heavy atom. The maximum absolute atomic E-state index is 5.83. The number of hydrogen-bond donors (Lipinski definition) is 1. The number of methoxy groups -OCH3 is 1. The van der Waals surface area contributed by atoms with E-state index < -0.39 is 0 Å². The Bertz CT molecular complexity index is 1190. The van der Waals surface area contributed by atoms with Gasteiger partial charge in [-0.2, -0.15) is 0 Å². The van der Waals surface area contributed by atoms with E-state index in [1.807, 2.05) is 79.3 Å². The topological polar surface area (TPSA) is 55.2 Å². The second-order valence-corrected chi connectivity index (χ2v) is 7.57. The van der Waals surface area contributed by atoms with Gasteiger partial charge in [0.25, 0.3) is 0 Å². The van der Waals surface area contributed by atoms with Gasteiger partial charge in [-0.05, 0) is 60.7 Å². The van der Waals surface area contributed by atoms with Gasteiger partial charge in [0.2, 0.25) is 0 Å². The van der Waals surface area contributed by atoms with Crippen molar-refractivity contribution in [3.63, 3.8) is 0 Å². The smallest absolute Gasteiger partial charge is 0.174 e. The molecule has 5 rings (SSSR count). The Morgan fingerprint density at radius 1 is 0.968 bits per heavy atom. The van der Waals surface area contributed by atoms with Gasteiger partial charge in [0, 0.05) is 24.3 Å². The molecule has 1 N–H and O–H groups in total. The van der Waals surface area contributed by atoms with E-state index in [1.165, 1.54) is 0 Å². The van der Waals surface area contributed by atoms with Crippen molar-refractivity contribution >= 4 is 23.0 Å². The van der Waals surface area contributed by atoms with Crippen LogP contribution in [0.4, 0.5) is 5.69 Å². The van der Waals surface area contributed by atoms with Crippen LogP contribution in [0, 0.1) is 0 Å². The molecule has 2 atom stereocenters. The van der Waals surface area contributed by atoms with Gasteiger partial charge in [-0.3, -0.25) is 9.97 Å². The molecule has 4 aromatic rings. The van der Waals surface area contributed by atoms with E-state index in [2.05, 4.69) is 30.8 Å². The fourth-order valence-electron chi connectivity index (χ4n) is 4.11. The first-order chi connectivity index (χ1) is 15.3. The lowest BCUT2D eigenvalue weighted by Gasteiger charge is -2.29. The van der Waals surface area contributed by atoms with E-state index in [0.29, 0.717) is 5.11 Å². The second kappa shape index (κ2) is 8.20. The molecule has 154 valence electrons. The van der Waals surface area contributed by atoms with Gasteiger partial charge in [-0.1, -0.05) is 18.2 Å². The number of aromatic nitrogens is 3. The summed E-state index contributed by atoms with van der Waals surface area (Å²) in [7, 11) is 1.68. The number of benzene rings is 1. The van der Waals surface area contributed by atoms with Crippen LogP contribution in [0.2, 0.25) is 0 Å². The van der Waals surface area contributed by atoms with Crippen molar-refractivity contribution in [2.45, 2.75) is 12.1 Å². The van der Waals surface area contributed by atoms with Crippen molar-refractivity contribution in [3.8, 4) is 11.4 Å². The summed E-state index contributed by atoms with van der Waals surface area (Å²) in [6.07, 6.45) is 7.48. The number of nitrogens with zero attached hydrogens (tertiary/aromatic N) is 4. The first kappa shape index (κ1) is 19.3. The minimum atomic E-state index is -0.145. The number of ether oxygens (including phenoxy) is 1. The van der Waals surface area contributed by atoms with Crippen LogP contribution in [0.25, 0.3) is 5.69 Å². The highest BCUT2D eigenvalue weighted by Gasteiger charge is 2.43. The van der Waals surface area contributed by atoms with Gasteiger partial charge >= 0.3 is 0 Å². The Kier molecular flexibility index (Phi) is 5.09. The summed E-state index contributed by atoms with van der Waals surface area (Å²) in [4.78, 5) is 11.0. The molecule has 1 saturated heterocycles. The molecular formula is C24H21N5OS. The van der Waals surface area contributed by atoms with Crippen LogP contribution < -0.4 is 15.0 Å². The Hall–Kier alpha value is -3.71. The van der Waals surface area contributed by atoms with Crippen molar-refractivity contribution in [2.75, 3.05) is 12.0 Å². The lowest BCUT2D eigenvalue weighted by molar-refractivity contribution is 0.414. The molecule has 4 heterocycles. The van der Waals surface area contributed by atoms with Gasteiger partial charge in [0.1, 0.15) is 11.8 Å². The second-order valence-electron chi connectivity index (χ2n) is 7.18. The molecule has 1 fully saturated rings. The minimum absolute atomic E-state index is 0.135. The Morgan fingerprint density at radius 3 is 2.61 bits per heavy atom. The summed E-state index contributed by atoms with van der Waals surface area (Å²) in [5.74, 6) is 0.762. The monoisotopic (exact) mass is 427 g/mol. The summed E-state index contributed by atoms with van der Waals surface area (Å²) in [5, 5.41) is 4.13. The summed E-state index contributed by atoms with van der Waals surface area (Å²) < 4.78 is 7.81. The van der Waals surface area contributed by atoms with Crippen molar-refractivity contribution in [3.05, 3.63) is 103 Å². The number of nitrogens with one attached hydrogen (secondary N) is 1. The molecule has 0 aliphatic carbocycles. The SMILES string of the molecule is COc1ccccc1N1C(=S)N[C@H](c2ccccn2)[C@@H]1c1cccn1-c1cccnc1. The largest absolute Gasteiger partial charge is 0.495 e. The van der Waals surface area contributed by atoms with Gasteiger partial charge in [-0.15, -0.1) is 0 Å². The lowest BCUT2D eigenvalue weighted by Crippen LogP contribution is -2.30. The molecule has 0 saturated carbocycles. The molecule has 0 radical (unpaired) electrons. The molecule has 0 amide bonds. The third kappa shape index (κ3) is 3.43. The normalized spacial score (nSPS) is 18.1. The van der Waals surface area contributed by atoms with Crippen LogP contribution in [-0.2, 0) is 0 Å². The standard InChI is InChI=1S/C24H21N5OS/c1-30-21-12-3-2-10-19(21)29-23(22(27-24(29)31)18-9-4-5-14-26-18)20-11-7-15-28(20)17-8-6-13-25-16-17/h2-16,22-23H,1H3,(H,27,31)/t22-,23+/m1/s1. The highest BCUT2D eigenvalue weighted by atomic mass is 32.1. The lowest BCUT2D eigenvalue weighted by atomic mass is 10.0. The van der Waals surface area contributed by atoms with E-state index in [0.717, 1.165) is 28.5 Å². The van der Waals surface area contributed by atoms with Crippen LogP contribution in [0.5, 0.6) is 5.75 Å². The molecule has 1 aromatic carbocycles. The van der Waals surface area contributed by atoms with Gasteiger partial charge in [0.05, 0.1) is 36.4 Å². The third-order valence-electron chi connectivity index (χ3n) is 5.45. The first-order valence-electron chi connectivity index (χ1n) is 9.99. The van der Waals surface area contributed by atoms with Crippen LogP contribution >= 0.6 is 12.2 Å². The first-order valence-corrected chi connectivity index (χ1v) is 10.4. The van der Waals surface area contributed by atoms with Crippen molar-refractivity contribution in [2.24, 2.45) is 0 Å². The van der Waals surface area contributed by atoms with Crippen LogP contribution in [-0.4, -0.2) is 26.8 Å². The number of anilines is 1. The van der Waals surface area contributed by atoms with Crippen molar-refractivity contribution in [1.82, 2.24) is 19.9 Å². The number of pyridine rings is 2. The van der Waals surface area contributed by atoms with E-state index in [9.17, 15) is 0 Å². The predicted octanol–water partition coefficient (Wildman–Crippen LogP) is 4.45. The molecule has 7 heteroatoms. The average molecular weight is 428 g/mol. The van der Waals surface area contributed by atoms with Crippen LogP contribution in [0.1, 0.15) is 23.5 Å². The maximum atomic E-state index is 5.83. The number of rotatable bonds is 5. The summed E-state index contributed by atoms with van der Waals surface area (Å²) in [6.45, 7) is 0. The highest BCUT2D eigenvalue weighted by molar-refractivity contribution is 7.80. The zero-order valence-corrected chi connectivity index (χ0v) is 17.7. The molecular weight excluding hydrogens is 406 g/mol.